The molecule has 43 heavy (non-hydrogen) atoms. The summed E-state index contributed by atoms with van der Waals surface area (Å²) >= 11 is 5.88. The Morgan fingerprint density at radius 3 is 2.44 bits per heavy atom. The minimum Gasteiger partial charge on any atom is -0.495 e. The molecule has 2 aromatic heterocycles. The maximum atomic E-state index is 13.1. The van der Waals surface area contributed by atoms with Crippen LogP contribution in [0, 0.1) is 13.8 Å². The molecule has 0 unspecified atom stereocenters. The first-order chi connectivity index (χ1) is 20.9. The van der Waals surface area contributed by atoms with Crippen LogP contribution in [0.3, 0.4) is 0 Å². The molecule has 2 atom stereocenters. The van der Waals surface area contributed by atoms with Crippen molar-refractivity contribution in [3.05, 3.63) is 102 Å². The lowest BCUT2D eigenvalue weighted by Crippen LogP contribution is -2.33. The molecule has 1 saturated heterocycles. The van der Waals surface area contributed by atoms with E-state index in [1.807, 2.05) is 42.5 Å². The minimum atomic E-state index is -0.162. The van der Waals surface area contributed by atoms with Crippen molar-refractivity contribution in [3.63, 3.8) is 0 Å². The molecule has 0 radical (unpaired) electrons. The number of nitrogens with one attached hydrogen (secondary N) is 2. The van der Waals surface area contributed by atoms with E-state index in [0.29, 0.717) is 23.1 Å². The van der Waals surface area contributed by atoms with Crippen LogP contribution in [0.5, 0.6) is 5.75 Å². The number of aryl methyl sites for hydroxylation is 1. The number of hydrogen-bond donors (Lipinski definition) is 2. The van der Waals surface area contributed by atoms with Crippen LogP contribution in [-0.4, -0.2) is 52.2 Å². The highest BCUT2D eigenvalue weighted by molar-refractivity contribution is 7.80. The molecule has 1 fully saturated rings. The lowest BCUT2D eigenvalue weighted by molar-refractivity contribution is -0.116. The number of para-hydroxylation sites is 2. The molecule has 5 rings (SSSR count). The quantitative estimate of drug-likeness (QED) is 0.196. The zero-order chi connectivity index (χ0) is 30.5. The third-order valence-electron chi connectivity index (χ3n) is 8.18. The SMILES string of the molecule is CCN(CC)c1ccc(-n2c(C)cc([C@@H]3[C@@H](c4ccccn4)NC(=S)N3CCC(=O)Nc3ccccc3OC)c2C)cc1. The highest BCUT2D eigenvalue weighted by atomic mass is 32.1. The van der Waals surface area contributed by atoms with E-state index < -0.39 is 0 Å². The number of methoxy groups -OCH3 is 1. The largest absolute Gasteiger partial charge is 0.495 e. The number of carbonyl (C=O) groups excluding carboxylic acids is 1. The summed E-state index contributed by atoms with van der Waals surface area (Å²) in [6, 6.07) is 24.0. The summed E-state index contributed by atoms with van der Waals surface area (Å²) in [7, 11) is 1.59. The van der Waals surface area contributed by atoms with Crippen molar-refractivity contribution in [1.29, 1.82) is 0 Å². The lowest BCUT2D eigenvalue weighted by Gasteiger charge is -2.28. The normalized spacial score (nSPS) is 16.2. The minimum absolute atomic E-state index is 0.105. The highest BCUT2D eigenvalue weighted by Crippen LogP contribution is 2.41. The Morgan fingerprint density at radius 1 is 1.05 bits per heavy atom. The van der Waals surface area contributed by atoms with Gasteiger partial charge >= 0.3 is 0 Å². The molecule has 2 N–H and O–H groups in total. The second kappa shape index (κ2) is 13.3. The van der Waals surface area contributed by atoms with Gasteiger partial charge in [-0.3, -0.25) is 9.78 Å². The van der Waals surface area contributed by atoms with E-state index in [1.54, 1.807) is 13.3 Å². The zero-order valence-electron chi connectivity index (χ0n) is 25.5. The molecule has 1 aliphatic heterocycles. The van der Waals surface area contributed by atoms with E-state index in [4.69, 9.17) is 17.0 Å². The maximum Gasteiger partial charge on any atom is 0.226 e. The molecule has 0 aliphatic carbocycles. The van der Waals surface area contributed by atoms with Gasteiger partial charge in [0.05, 0.1) is 30.6 Å². The molecular formula is C34H40N6O2S. The Labute approximate surface area is 259 Å². The van der Waals surface area contributed by atoms with Gasteiger partial charge in [-0.2, -0.15) is 0 Å². The average Bonchev–Trinajstić information content (AvgIpc) is 3.51. The molecule has 0 saturated carbocycles. The molecule has 9 heteroatoms. The Balaban J connectivity index is 1.45. The smallest absolute Gasteiger partial charge is 0.226 e. The number of amides is 1. The van der Waals surface area contributed by atoms with E-state index in [2.05, 4.69) is 88.0 Å². The van der Waals surface area contributed by atoms with E-state index in [9.17, 15) is 4.79 Å². The summed E-state index contributed by atoms with van der Waals surface area (Å²) in [4.78, 5) is 22.2. The number of hydrogen-bond acceptors (Lipinski definition) is 5. The average molecular weight is 597 g/mol. The number of anilines is 2. The summed E-state index contributed by atoms with van der Waals surface area (Å²) in [6.45, 7) is 11.0. The van der Waals surface area contributed by atoms with Gasteiger partial charge in [0.2, 0.25) is 5.91 Å². The van der Waals surface area contributed by atoms with E-state index in [0.717, 1.165) is 41.4 Å². The van der Waals surface area contributed by atoms with Crippen molar-refractivity contribution in [2.24, 2.45) is 0 Å². The van der Waals surface area contributed by atoms with Crippen molar-refractivity contribution in [2.45, 2.75) is 46.2 Å². The molecule has 1 aliphatic rings. The van der Waals surface area contributed by atoms with Crippen molar-refractivity contribution >= 4 is 34.6 Å². The Kier molecular flexibility index (Phi) is 9.31. The molecule has 8 nitrogen and oxygen atoms in total. The highest BCUT2D eigenvalue weighted by Gasteiger charge is 2.41. The Morgan fingerprint density at radius 2 is 1.77 bits per heavy atom. The van der Waals surface area contributed by atoms with Crippen molar-refractivity contribution in [2.75, 3.05) is 37.0 Å². The van der Waals surface area contributed by atoms with E-state index in [-0.39, 0.29) is 24.4 Å². The van der Waals surface area contributed by atoms with Gasteiger partial charge in [0.1, 0.15) is 5.75 Å². The first-order valence-electron chi connectivity index (χ1n) is 14.8. The van der Waals surface area contributed by atoms with Gasteiger partial charge in [0, 0.05) is 55.0 Å². The number of rotatable bonds is 11. The van der Waals surface area contributed by atoms with Crippen LogP contribution in [0.15, 0.2) is 79.0 Å². The number of benzene rings is 2. The topological polar surface area (TPSA) is 74.7 Å². The van der Waals surface area contributed by atoms with Crippen LogP contribution < -0.4 is 20.3 Å². The van der Waals surface area contributed by atoms with Gasteiger partial charge in [-0.25, -0.2) is 0 Å². The maximum absolute atomic E-state index is 13.1. The number of pyridine rings is 1. The van der Waals surface area contributed by atoms with Gasteiger partial charge < -0.3 is 29.7 Å². The van der Waals surface area contributed by atoms with Crippen LogP contribution >= 0.6 is 12.2 Å². The summed E-state index contributed by atoms with van der Waals surface area (Å²) < 4.78 is 7.70. The van der Waals surface area contributed by atoms with Crippen LogP contribution in [-0.2, 0) is 4.79 Å². The van der Waals surface area contributed by atoms with Crippen molar-refractivity contribution in [3.8, 4) is 11.4 Å². The predicted molar refractivity (Wildman–Crippen MR) is 177 cm³/mol. The van der Waals surface area contributed by atoms with E-state index in [1.165, 1.54) is 5.69 Å². The molecule has 0 bridgehead atoms. The van der Waals surface area contributed by atoms with Gasteiger partial charge in [-0.15, -0.1) is 0 Å². The summed E-state index contributed by atoms with van der Waals surface area (Å²) in [6.07, 6.45) is 2.07. The molecule has 1 amide bonds. The Bertz CT molecular complexity index is 1570. The summed E-state index contributed by atoms with van der Waals surface area (Å²) in [5, 5.41) is 7.12. The predicted octanol–water partition coefficient (Wildman–Crippen LogP) is 6.35. The van der Waals surface area contributed by atoms with Crippen LogP contribution in [0.4, 0.5) is 11.4 Å². The van der Waals surface area contributed by atoms with Gasteiger partial charge in [-0.05, 0) is 100 Å². The van der Waals surface area contributed by atoms with Gasteiger partial charge in [-0.1, -0.05) is 18.2 Å². The molecule has 0 spiro atoms. The van der Waals surface area contributed by atoms with Crippen LogP contribution in [0.1, 0.15) is 55.0 Å². The first kappa shape index (κ1) is 30.1. The van der Waals surface area contributed by atoms with E-state index >= 15 is 0 Å². The molecule has 4 aromatic rings. The fourth-order valence-electron chi connectivity index (χ4n) is 6.05. The third-order valence-corrected chi connectivity index (χ3v) is 8.54. The number of nitrogens with zero attached hydrogens (tertiary/aromatic N) is 4. The molecule has 2 aromatic carbocycles. The van der Waals surface area contributed by atoms with Crippen molar-refractivity contribution in [1.82, 2.24) is 19.8 Å². The Hall–Kier alpha value is -4.37. The number of aromatic nitrogens is 2. The molecular weight excluding hydrogens is 556 g/mol. The second-order valence-electron chi connectivity index (χ2n) is 10.7. The van der Waals surface area contributed by atoms with Crippen LogP contribution in [0.25, 0.3) is 5.69 Å². The summed E-state index contributed by atoms with van der Waals surface area (Å²) in [5.41, 5.74) is 7.30. The lowest BCUT2D eigenvalue weighted by atomic mass is 9.96. The van der Waals surface area contributed by atoms with Crippen molar-refractivity contribution < 1.29 is 9.53 Å². The number of carbonyl (C=O) groups is 1. The monoisotopic (exact) mass is 596 g/mol. The fraction of sp³-hybridized carbons (Fsp3) is 0.324. The first-order valence-corrected chi connectivity index (χ1v) is 15.2. The second-order valence-corrected chi connectivity index (χ2v) is 11.1. The number of ether oxygens (including phenoxy) is 1. The molecule has 3 heterocycles. The summed E-state index contributed by atoms with van der Waals surface area (Å²) in [5.74, 6) is 0.519. The van der Waals surface area contributed by atoms with Gasteiger partial charge in [0.25, 0.3) is 0 Å². The van der Waals surface area contributed by atoms with Crippen LogP contribution in [0.2, 0.25) is 0 Å². The standard InChI is InChI=1S/C34H40N6O2S/c1-6-38(7-2)25-15-17-26(18-16-25)40-23(3)22-27(24(40)4)33-32(29-13-10-11-20-35-29)37-34(43)39(33)21-19-31(41)36-28-12-8-9-14-30(28)42-5/h8-18,20,22,32-33H,6-7,19,21H2,1-5H3,(H,36,41)(H,37,43)/t32-,33-/m1/s1. The fourth-order valence-corrected chi connectivity index (χ4v) is 6.38. The van der Waals surface area contributed by atoms with Gasteiger partial charge in [0.15, 0.2) is 5.11 Å². The molecule has 224 valence electrons. The zero-order valence-corrected chi connectivity index (χ0v) is 26.3. The third kappa shape index (κ3) is 6.22. The number of thiocarbonyl (C=S) groups is 1.